The van der Waals surface area contributed by atoms with E-state index in [1.165, 1.54) is 0 Å². The molecule has 8 heteroatoms. The first-order chi connectivity index (χ1) is 14.8. The fourth-order valence-corrected chi connectivity index (χ4v) is 2.54. The van der Waals surface area contributed by atoms with Crippen LogP contribution in [0, 0.1) is 0 Å². The lowest BCUT2D eigenvalue weighted by atomic mass is 9.96. The van der Waals surface area contributed by atoms with E-state index < -0.39 is 18.4 Å². The first kappa shape index (κ1) is 23.2. The van der Waals surface area contributed by atoms with Crippen molar-refractivity contribution in [3.05, 3.63) is 84.5 Å². The molecule has 0 heterocycles. The van der Waals surface area contributed by atoms with E-state index >= 15 is 0 Å². The number of carbonyl (C=O) groups is 3. The van der Waals surface area contributed by atoms with E-state index in [-0.39, 0.29) is 17.8 Å². The van der Waals surface area contributed by atoms with Crippen molar-refractivity contribution < 1.29 is 28.6 Å². The van der Waals surface area contributed by atoms with E-state index in [9.17, 15) is 14.4 Å². The second kappa shape index (κ2) is 11.2. The molecule has 0 spiro atoms. The zero-order chi connectivity index (χ0) is 22.8. The van der Waals surface area contributed by atoms with Crippen LogP contribution in [0.5, 0.6) is 0 Å². The molecule has 0 N–H and O–H groups in total. The van der Waals surface area contributed by atoms with Crippen LogP contribution in [0.2, 0.25) is 0 Å². The number of ketones is 1. The zero-order valence-electron chi connectivity index (χ0n) is 17.2. The Balaban J connectivity index is 2.50. The first-order valence-corrected chi connectivity index (χ1v) is 9.22. The molecule has 0 bridgehead atoms. The number of carbonyl (C=O) groups excluding carboxylic acids is 3. The summed E-state index contributed by atoms with van der Waals surface area (Å²) in [4.78, 5) is 36.0. The quantitative estimate of drug-likeness (QED) is 0.180. The summed E-state index contributed by atoms with van der Waals surface area (Å²) in [5, 5.41) is 8.42. The molecule has 1 atom stereocenters. The Morgan fingerprint density at radius 3 is 2.35 bits per heavy atom. The highest BCUT2D eigenvalue weighted by atomic mass is 16.8. The number of rotatable bonds is 9. The molecule has 0 saturated carbocycles. The van der Waals surface area contributed by atoms with Gasteiger partial charge in [0.1, 0.15) is 0 Å². The predicted octanol–water partition coefficient (Wildman–Crippen LogP) is 5.24. The van der Waals surface area contributed by atoms with Gasteiger partial charge in [-0.2, -0.15) is 10.2 Å². The Kier molecular flexibility index (Phi) is 8.39. The van der Waals surface area contributed by atoms with Gasteiger partial charge in [-0.25, -0.2) is 9.59 Å². The van der Waals surface area contributed by atoms with E-state index in [2.05, 4.69) is 28.1 Å². The molecule has 1 unspecified atom stereocenters. The Bertz CT molecular complexity index is 1010. The van der Waals surface area contributed by atoms with Gasteiger partial charge in [0.15, 0.2) is 5.78 Å². The van der Waals surface area contributed by atoms with Gasteiger partial charge in [0, 0.05) is 11.6 Å². The molecule has 2 aromatic rings. The smallest absolute Gasteiger partial charge is 0.438 e. The summed E-state index contributed by atoms with van der Waals surface area (Å²) >= 11 is 0. The van der Waals surface area contributed by atoms with Gasteiger partial charge in [-0.05, 0) is 36.3 Å². The number of esters is 1. The van der Waals surface area contributed by atoms with Crippen LogP contribution in [0.1, 0.15) is 22.8 Å². The lowest BCUT2D eigenvalue weighted by Gasteiger charge is -2.19. The third-order valence-electron chi connectivity index (χ3n) is 3.99. The molecule has 2 aromatic carbocycles. The maximum Gasteiger partial charge on any atom is 0.511 e. The second-order valence-electron chi connectivity index (χ2n) is 6.29. The summed E-state index contributed by atoms with van der Waals surface area (Å²) in [7, 11) is 1.12. The van der Waals surface area contributed by atoms with Gasteiger partial charge >= 0.3 is 12.1 Å². The van der Waals surface area contributed by atoms with Crippen molar-refractivity contribution in [2.24, 2.45) is 10.2 Å². The van der Waals surface area contributed by atoms with Gasteiger partial charge in [-0.3, -0.25) is 4.79 Å². The van der Waals surface area contributed by atoms with E-state index in [0.29, 0.717) is 22.5 Å². The van der Waals surface area contributed by atoms with Gasteiger partial charge in [0.2, 0.25) is 0 Å². The zero-order valence-corrected chi connectivity index (χ0v) is 17.2. The number of methoxy groups -OCH3 is 1. The Morgan fingerprint density at radius 2 is 1.74 bits per heavy atom. The van der Waals surface area contributed by atoms with Gasteiger partial charge < -0.3 is 14.2 Å². The number of nitrogens with zero attached hydrogens (tertiary/aromatic N) is 2. The molecule has 0 fully saturated rings. The van der Waals surface area contributed by atoms with Crippen LogP contribution in [0.25, 0.3) is 0 Å². The number of Topliss-reactive ketones (excluding diaryl/α,β-unsaturated/α-hetero) is 1. The Morgan fingerprint density at radius 1 is 1.03 bits per heavy atom. The standard InChI is InChI=1S/C23H22N2O6/c1-5-20(26)30-21(31-23(28)29-4)14-18-17(22(27)15(2)3)12-9-13-19(18)25-24-16-10-7-6-8-11-16/h5-13,21H,1-2,14H2,3-4H3. The van der Waals surface area contributed by atoms with Crippen LogP contribution >= 0.6 is 0 Å². The number of benzene rings is 2. The summed E-state index contributed by atoms with van der Waals surface area (Å²) in [6.45, 7) is 8.59. The maximum absolute atomic E-state index is 12.7. The lowest BCUT2D eigenvalue weighted by Crippen LogP contribution is -2.27. The fourth-order valence-electron chi connectivity index (χ4n) is 2.54. The summed E-state index contributed by atoms with van der Waals surface area (Å²) < 4.78 is 14.6. The molecule has 0 aromatic heterocycles. The van der Waals surface area contributed by atoms with Crippen molar-refractivity contribution in [3.8, 4) is 0 Å². The van der Waals surface area contributed by atoms with Gasteiger partial charge in [0.05, 0.1) is 24.9 Å². The maximum atomic E-state index is 12.7. The van der Waals surface area contributed by atoms with Crippen LogP contribution in [-0.2, 0) is 25.4 Å². The van der Waals surface area contributed by atoms with Crippen molar-refractivity contribution in [2.45, 2.75) is 19.6 Å². The Labute approximate surface area is 179 Å². The molecule has 0 saturated heterocycles. The minimum Gasteiger partial charge on any atom is -0.438 e. The molecule has 0 aliphatic rings. The number of ether oxygens (including phenoxy) is 3. The van der Waals surface area contributed by atoms with Crippen molar-refractivity contribution in [3.63, 3.8) is 0 Å². The number of hydrogen-bond donors (Lipinski definition) is 0. The first-order valence-electron chi connectivity index (χ1n) is 9.22. The monoisotopic (exact) mass is 422 g/mol. The molecule has 0 aliphatic carbocycles. The third kappa shape index (κ3) is 6.74. The molecule has 0 amide bonds. The van der Waals surface area contributed by atoms with Gasteiger partial charge in [-0.15, -0.1) is 0 Å². The molecule has 2 rings (SSSR count). The minimum atomic E-state index is -1.39. The lowest BCUT2D eigenvalue weighted by molar-refractivity contribution is -0.164. The molecule has 0 radical (unpaired) electrons. The molecular formula is C23H22N2O6. The molecule has 8 nitrogen and oxygen atoms in total. The van der Waals surface area contributed by atoms with E-state index in [0.717, 1.165) is 13.2 Å². The van der Waals surface area contributed by atoms with Gasteiger partial charge in [-0.1, -0.05) is 43.5 Å². The molecule has 31 heavy (non-hydrogen) atoms. The number of azo groups is 1. The number of allylic oxidation sites excluding steroid dienone is 1. The van der Waals surface area contributed by atoms with Crippen molar-refractivity contribution in [2.75, 3.05) is 7.11 Å². The predicted molar refractivity (Wildman–Crippen MR) is 113 cm³/mol. The average molecular weight is 422 g/mol. The Hall–Kier alpha value is -4.07. The SMILES string of the molecule is C=CC(=O)OC(Cc1c(N=Nc2ccccc2)cccc1C(=O)C(=C)C)OC(=O)OC. The van der Waals surface area contributed by atoms with Crippen LogP contribution in [0.15, 0.2) is 83.6 Å². The van der Waals surface area contributed by atoms with Crippen LogP contribution in [0.3, 0.4) is 0 Å². The molecule has 0 aliphatic heterocycles. The summed E-state index contributed by atoms with van der Waals surface area (Å²) in [5.74, 6) is -1.15. The summed E-state index contributed by atoms with van der Waals surface area (Å²) in [5.41, 5.74) is 1.87. The van der Waals surface area contributed by atoms with Crippen molar-refractivity contribution in [1.82, 2.24) is 0 Å². The van der Waals surface area contributed by atoms with Crippen LogP contribution in [-0.4, -0.2) is 31.3 Å². The fraction of sp³-hybridized carbons (Fsp3) is 0.174. The normalized spacial score (nSPS) is 11.4. The highest BCUT2D eigenvalue weighted by molar-refractivity contribution is 6.09. The van der Waals surface area contributed by atoms with E-state index in [4.69, 9.17) is 9.47 Å². The molecular weight excluding hydrogens is 400 g/mol. The minimum absolute atomic E-state index is 0.174. The molecule has 160 valence electrons. The van der Waals surface area contributed by atoms with Crippen molar-refractivity contribution in [1.29, 1.82) is 0 Å². The van der Waals surface area contributed by atoms with Gasteiger partial charge in [0.25, 0.3) is 6.29 Å². The van der Waals surface area contributed by atoms with E-state index in [1.54, 1.807) is 37.3 Å². The second-order valence-corrected chi connectivity index (χ2v) is 6.29. The van der Waals surface area contributed by atoms with Crippen molar-refractivity contribution >= 4 is 29.3 Å². The van der Waals surface area contributed by atoms with E-state index in [1.807, 2.05) is 18.2 Å². The largest absolute Gasteiger partial charge is 0.511 e. The third-order valence-corrected chi connectivity index (χ3v) is 3.99. The summed E-state index contributed by atoms with van der Waals surface area (Å²) in [6, 6.07) is 13.9. The highest BCUT2D eigenvalue weighted by Crippen LogP contribution is 2.29. The highest BCUT2D eigenvalue weighted by Gasteiger charge is 2.24. The van der Waals surface area contributed by atoms with Crippen LogP contribution in [0.4, 0.5) is 16.2 Å². The topological polar surface area (TPSA) is 104 Å². The van der Waals surface area contributed by atoms with Crippen LogP contribution < -0.4 is 0 Å². The average Bonchev–Trinajstić information content (AvgIpc) is 2.78. The summed E-state index contributed by atoms with van der Waals surface area (Å²) in [6.07, 6.45) is -1.69. The number of hydrogen-bond acceptors (Lipinski definition) is 8.